The Morgan fingerprint density at radius 1 is 1.60 bits per heavy atom. The lowest BCUT2D eigenvalue weighted by Crippen LogP contribution is -2.37. The molecule has 1 aliphatic heterocycles. The summed E-state index contributed by atoms with van der Waals surface area (Å²) >= 11 is 0. The molecule has 2 unspecified atom stereocenters. The predicted molar refractivity (Wildman–Crippen MR) is 54.7 cm³/mol. The smallest absolute Gasteiger partial charge is 0.224 e. The molecule has 1 rings (SSSR count). The van der Waals surface area contributed by atoms with Gasteiger partial charge in [-0.1, -0.05) is 20.8 Å². The summed E-state index contributed by atoms with van der Waals surface area (Å²) in [6.07, 6.45) is -0.525. The summed E-state index contributed by atoms with van der Waals surface area (Å²) in [6, 6.07) is 1.40. The fourth-order valence-electron chi connectivity index (χ4n) is 1.74. The van der Waals surface area contributed by atoms with Gasteiger partial charge in [0, 0.05) is 12.8 Å². The molecule has 3 nitrogen and oxygen atoms in total. The van der Waals surface area contributed by atoms with Crippen LogP contribution in [0.4, 0.5) is 4.39 Å². The summed E-state index contributed by atoms with van der Waals surface area (Å²) in [4.78, 5) is 13.2. The monoisotopic (exact) mass is 212 g/mol. The topological polar surface area (TPSA) is 44.1 Å². The summed E-state index contributed by atoms with van der Waals surface area (Å²) < 4.78 is 13.1. The first-order valence-electron chi connectivity index (χ1n) is 5.16. The average molecular weight is 212 g/mol. The van der Waals surface area contributed by atoms with Gasteiger partial charge in [0.05, 0.1) is 12.6 Å². The van der Waals surface area contributed by atoms with E-state index in [1.165, 1.54) is 4.90 Å². The Morgan fingerprint density at radius 3 is 2.67 bits per heavy atom. The van der Waals surface area contributed by atoms with Gasteiger partial charge in [0.25, 0.3) is 0 Å². The van der Waals surface area contributed by atoms with Crippen molar-refractivity contribution in [3.8, 4) is 6.07 Å². The summed E-state index contributed by atoms with van der Waals surface area (Å²) in [5, 5.41) is 8.79. The molecular weight excluding hydrogens is 195 g/mol. The van der Waals surface area contributed by atoms with Crippen molar-refractivity contribution in [2.75, 3.05) is 6.54 Å². The SMILES string of the molecule is CC(C)(C)CC(=O)N1CC(F)CC1C#N. The van der Waals surface area contributed by atoms with Gasteiger partial charge in [-0.05, 0) is 5.41 Å². The second kappa shape index (κ2) is 4.18. The summed E-state index contributed by atoms with van der Waals surface area (Å²) in [7, 11) is 0. The molecule has 2 atom stereocenters. The largest absolute Gasteiger partial charge is 0.324 e. The molecule has 84 valence electrons. The van der Waals surface area contributed by atoms with E-state index in [4.69, 9.17) is 5.26 Å². The van der Waals surface area contributed by atoms with Gasteiger partial charge in [-0.15, -0.1) is 0 Å². The zero-order valence-electron chi connectivity index (χ0n) is 9.46. The van der Waals surface area contributed by atoms with E-state index in [-0.39, 0.29) is 24.3 Å². The zero-order chi connectivity index (χ0) is 11.6. The Kier molecular flexibility index (Phi) is 3.33. The molecule has 0 aromatic rings. The minimum absolute atomic E-state index is 0.0765. The highest BCUT2D eigenvalue weighted by Gasteiger charge is 2.36. The number of nitrogens with zero attached hydrogens (tertiary/aromatic N) is 2. The van der Waals surface area contributed by atoms with Gasteiger partial charge in [0.15, 0.2) is 0 Å². The maximum atomic E-state index is 13.1. The van der Waals surface area contributed by atoms with Gasteiger partial charge in [-0.3, -0.25) is 4.79 Å². The third kappa shape index (κ3) is 3.19. The third-order valence-corrected chi connectivity index (χ3v) is 2.40. The van der Waals surface area contributed by atoms with E-state index >= 15 is 0 Å². The Balaban J connectivity index is 2.64. The van der Waals surface area contributed by atoms with Crippen molar-refractivity contribution in [1.29, 1.82) is 5.26 Å². The first-order chi connectivity index (χ1) is 6.83. The molecule has 0 aromatic heterocycles. The molecule has 0 bridgehead atoms. The maximum Gasteiger partial charge on any atom is 0.224 e. The highest BCUT2D eigenvalue weighted by Crippen LogP contribution is 2.25. The molecule has 0 spiro atoms. The van der Waals surface area contributed by atoms with Crippen LogP contribution in [0.15, 0.2) is 0 Å². The Morgan fingerprint density at radius 2 is 2.20 bits per heavy atom. The van der Waals surface area contributed by atoms with E-state index in [1.54, 1.807) is 0 Å². The van der Waals surface area contributed by atoms with Crippen LogP contribution in [0.1, 0.15) is 33.6 Å². The molecule has 1 fully saturated rings. The molecule has 1 amide bonds. The van der Waals surface area contributed by atoms with E-state index in [0.717, 1.165) is 0 Å². The van der Waals surface area contributed by atoms with Crippen molar-refractivity contribution in [3.63, 3.8) is 0 Å². The van der Waals surface area contributed by atoms with Crippen molar-refractivity contribution in [2.24, 2.45) is 5.41 Å². The number of carbonyl (C=O) groups excluding carboxylic acids is 1. The van der Waals surface area contributed by atoms with Crippen molar-refractivity contribution in [1.82, 2.24) is 4.90 Å². The van der Waals surface area contributed by atoms with E-state index in [1.807, 2.05) is 26.8 Å². The maximum absolute atomic E-state index is 13.1. The van der Waals surface area contributed by atoms with Crippen LogP contribution in [-0.4, -0.2) is 29.6 Å². The third-order valence-electron chi connectivity index (χ3n) is 2.40. The van der Waals surface area contributed by atoms with E-state index in [2.05, 4.69) is 0 Å². The van der Waals surface area contributed by atoms with Crippen LogP contribution in [0, 0.1) is 16.7 Å². The molecule has 15 heavy (non-hydrogen) atoms. The van der Waals surface area contributed by atoms with Crippen molar-refractivity contribution >= 4 is 5.91 Å². The van der Waals surface area contributed by atoms with E-state index in [0.29, 0.717) is 6.42 Å². The van der Waals surface area contributed by atoms with Crippen LogP contribution in [0.5, 0.6) is 0 Å². The lowest BCUT2D eigenvalue weighted by atomic mass is 9.91. The van der Waals surface area contributed by atoms with Gasteiger partial charge < -0.3 is 4.90 Å². The summed E-state index contributed by atoms with van der Waals surface area (Å²) in [5.74, 6) is -0.116. The zero-order valence-corrected chi connectivity index (χ0v) is 9.46. The molecule has 1 saturated heterocycles. The number of hydrogen-bond acceptors (Lipinski definition) is 2. The first-order valence-corrected chi connectivity index (χ1v) is 5.16. The van der Waals surface area contributed by atoms with Crippen LogP contribution in [0.3, 0.4) is 0 Å². The van der Waals surface area contributed by atoms with Crippen molar-refractivity contribution in [3.05, 3.63) is 0 Å². The van der Waals surface area contributed by atoms with Crippen LogP contribution in [-0.2, 0) is 4.79 Å². The van der Waals surface area contributed by atoms with Crippen LogP contribution in [0.2, 0.25) is 0 Å². The van der Waals surface area contributed by atoms with Gasteiger partial charge in [0.1, 0.15) is 12.2 Å². The number of carbonyl (C=O) groups is 1. The molecule has 1 aliphatic rings. The lowest BCUT2D eigenvalue weighted by molar-refractivity contribution is -0.133. The van der Waals surface area contributed by atoms with Gasteiger partial charge in [0.2, 0.25) is 5.91 Å². The lowest BCUT2D eigenvalue weighted by Gasteiger charge is -2.24. The van der Waals surface area contributed by atoms with Crippen LogP contribution >= 0.6 is 0 Å². The molecule has 1 heterocycles. The second-order valence-electron chi connectivity index (χ2n) is 5.26. The highest BCUT2D eigenvalue weighted by molar-refractivity contribution is 5.78. The van der Waals surface area contributed by atoms with Gasteiger partial charge in [-0.25, -0.2) is 4.39 Å². The van der Waals surface area contributed by atoms with Crippen LogP contribution in [0.25, 0.3) is 0 Å². The first kappa shape index (κ1) is 12.0. The summed E-state index contributed by atoms with van der Waals surface area (Å²) in [6.45, 7) is 5.94. The molecule has 0 aliphatic carbocycles. The minimum Gasteiger partial charge on any atom is -0.324 e. The van der Waals surface area contributed by atoms with Crippen LogP contribution < -0.4 is 0 Å². The number of amides is 1. The standard InChI is InChI=1S/C11H17FN2O/c1-11(2,3)5-10(15)14-7-8(12)4-9(14)6-13/h8-9H,4-5,7H2,1-3H3. The number of likely N-dealkylation sites (tertiary alicyclic amines) is 1. The predicted octanol–water partition coefficient (Wildman–Crippen LogP) is 1.89. The molecule has 0 N–H and O–H groups in total. The molecule has 0 aromatic carbocycles. The molecule has 0 saturated carbocycles. The molecule has 0 radical (unpaired) electrons. The molecule has 4 heteroatoms. The normalized spacial score (nSPS) is 26.5. The number of rotatable bonds is 1. The minimum atomic E-state index is -1.04. The van der Waals surface area contributed by atoms with Crippen molar-refractivity contribution in [2.45, 2.75) is 45.8 Å². The number of halogens is 1. The molecular formula is C11H17FN2O. The quantitative estimate of drug-likeness (QED) is 0.666. The van der Waals surface area contributed by atoms with Gasteiger partial charge in [-0.2, -0.15) is 5.26 Å². The fourth-order valence-corrected chi connectivity index (χ4v) is 1.74. The second-order valence-corrected chi connectivity index (χ2v) is 5.26. The Bertz CT molecular complexity index is 290. The number of alkyl halides is 1. The van der Waals surface area contributed by atoms with E-state index in [9.17, 15) is 9.18 Å². The van der Waals surface area contributed by atoms with E-state index < -0.39 is 12.2 Å². The number of nitriles is 1. The number of hydrogen-bond donors (Lipinski definition) is 0. The van der Waals surface area contributed by atoms with Crippen molar-refractivity contribution < 1.29 is 9.18 Å². The highest BCUT2D eigenvalue weighted by atomic mass is 19.1. The fraction of sp³-hybridized carbons (Fsp3) is 0.818. The summed E-state index contributed by atoms with van der Waals surface area (Å²) in [5.41, 5.74) is -0.120. The average Bonchev–Trinajstić information content (AvgIpc) is 2.43. The Hall–Kier alpha value is -1.11. The Labute approximate surface area is 89.9 Å². The van der Waals surface area contributed by atoms with Gasteiger partial charge >= 0.3 is 0 Å².